The van der Waals surface area contributed by atoms with Gasteiger partial charge >= 0.3 is 6.16 Å². The number of carbonyl (C=O) groups excluding carboxylic acids is 5. The molecule has 64 heavy (non-hydrogen) atoms. The van der Waals surface area contributed by atoms with Crippen LogP contribution in [0.2, 0.25) is 0 Å². The van der Waals surface area contributed by atoms with Gasteiger partial charge in [-0.25, -0.2) is 14.8 Å². The quantitative estimate of drug-likeness (QED) is 0.117. The average molecular weight is 903 g/mol. The zero-order valence-electron chi connectivity index (χ0n) is 37.2. The maximum Gasteiger partial charge on any atom is 0.519 e. The van der Waals surface area contributed by atoms with Gasteiger partial charge in [-0.05, 0) is 172 Å². The Kier molecular flexibility index (Phi) is 11.4. The first kappa shape index (κ1) is 43.2. The number of rotatable bonds is 10. The molecule has 13 heteroatoms. The van der Waals surface area contributed by atoms with Crippen LogP contribution in [0, 0.1) is 60.2 Å². The van der Waals surface area contributed by atoms with E-state index >= 15 is 0 Å². The lowest BCUT2D eigenvalue weighted by molar-refractivity contribution is -0.130. The number of thiazole rings is 2. The molecule has 10 rings (SSSR count). The van der Waals surface area contributed by atoms with Gasteiger partial charge in [-0.15, -0.1) is 22.7 Å². The lowest BCUT2D eigenvalue weighted by atomic mass is 9.54. The number of nitrogens with one attached hydrogen (secondary N) is 2. The van der Waals surface area contributed by atoms with Crippen molar-refractivity contribution in [1.29, 1.82) is 0 Å². The van der Waals surface area contributed by atoms with E-state index in [1.54, 1.807) is 12.4 Å². The summed E-state index contributed by atoms with van der Waals surface area (Å²) in [6, 6.07) is 11.9. The lowest BCUT2D eigenvalue weighted by Crippen LogP contribution is -2.44. The van der Waals surface area contributed by atoms with E-state index in [1.165, 1.54) is 44.9 Å². The Balaban J connectivity index is 0.763. The molecular weight excluding hydrogens is 845 g/mol. The average Bonchev–Trinajstić information content (AvgIpc) is 4.01. The Morgan fingerprint density at radius 1 is 0.672 bits per heavy atom. The highest BCUT2D eigenvalue weighted by Gasteiger charge is 2.60. The van der Waals surface area contributed by atoms with Gasteiger partial charge in [-0.1, -0.05) is 26.0 Å². The van der Waals surface area contributed by atoms with E-state index in [4.69, 9.17) is 9.47 Å². The fourth-order valence-electron chi connectivity index (χ4n) is 13.9. The second-order valence-electron chi connectivity index (χ2n) is 20.3. The second-order valence-corrected chi connectivity index (χ2v) is 22.7. The van der Waals surface area contributed by atoms with Gasteiger partial charge in [0.15, 0.2) is 10.3 Å². The number of benzene rings is 2. The van der Waals surface area contributed by atoms with Gasteiger partial charge in [0.05, 0.1) is 0 Å². The molecular formula is C51H58N4O7S2. The number of amides is 2. The molecule has 2 aromatic carbocycles. The summed E-state index contributed by atoms with van der Waals surface area (Å²) in [5, 5.41) is 7.13. The predicted octanol–water partition coefficient (Wildman–Crippen LogP) is 10.9. The van der Waals surface area contributed by atoms with E-state index in [2.05, 4.69) is 46.6 Å². The van der Waals surface area contributed by atoms with Crippen LogP contribution in [-0.2, 0) is 32.0 Å². The van der Waals surface area contributed by atoms with Crippen LogP contribution in [0.25, 0.3) is 0 Å². The summed E-state index contributed by atoms with van der Waals surface area (Å²) in [4.78, 5) is 76.8. The number of hydrogen-bond acceptors (Lipinski definition) is 11. The van der Waals surface area contributed by atoms with Crippen molar-refractivity contribution >= 4 is 62.5 Å². The number of carbonyl (C=O) groups is 5. The maximum atomic E-state index is 13.6. The summed E-state index contributed by atoms with van der Waals surface area (Å²) in [5.74, 6) is 3.72. The van der Waals surface area contributed by atoms with E-state index < -0.39 is 6.16 Å². The third-order valence-electron chi connectivity index (χ3n) is 16.7. The zero-order chi connectivity index (χ0) is 44.5. The van der Waals surface area contributed by atoms with Crippen molar-refractivity contribution < 1.29 is 33.4 Å². The van der Waals surface area contributed by atoms with E-state index in [9.17, 15) is 24.0 Å². The number of nitrogens with zero attached hydrogens (tertiary/aromatic N) is 2. The molecule has 0 radical (unpaired) electrons. The standard InChI is InChI=1S/C51H58N4O7S2/c1-27-25-52-47(63-27)54-43(58)15-7-31-23-41(56)50(3)19-17-37-35-13-9-33(21-29(35)5-11-39(37)45(31)50)61-49(60)62-34-10-14-36-30(22-34)6-12-40-38(36)18-20-51(4)42(57)24-32(46(40)51)8-16-44(59)55-48-53-26-28(2)64-48/h9-10,13-14,21-22,25-26,31-32,37-40,45-46H,5-8,11-12,15-20,23-24H2,1-4H3,(H,52,54,58)(H,53,55,59)/t31-,32-,37?,38?,39?,40?,45?,46?,50-,51-/m1/s1. The van der Waals surface area contributed by atoms with Crippen LogP contribution in [0.15, 0.2) is 48.8 Å². The van der Waals surface area contributed by atoms with Crippen molar-refractivity contribution in [3.63, 3.8) is 0 Å². The Hall–Kier alpha value is -4.75. The Labute approximate surface area is 382 Å². The number of ether oxygens (including phenoxy) is 2. The van der Waals surface area contributed by atoms with Crippen molar-refractivity contribution in [2.75, 3.05) is 10.6 Å². The topological polar surface area (TPSA) is 154 Å². The van der Waals surface area contributed by atoms with E-state index in [0.717, 1.165) is 61.1 Å². The minimum atomic E-state index is -0.771. The second kappa shape index (κ2) is 16.9. The Morgan fingerprint density at radius 2 is 1.11 bits per heavy atom. The summed E-state index contributed by atoms with van der Waals surface area (Å²) in [7, 11) is 0. The van der Waals surface area contributed by atoms with Gasteiger partial charge in [-0.3, -0.25) is 19.2 Å². The molecule has 6 aliphatic rings. The summed E-state index contributed by atoms with van der Waals surface area (Å²) >= 11 is 2.94. The Bertz CT molecular complexity index is 2360. The maximum absolute atomic E-state index is 13.6. The van der Waals surface area contributed by atoms with Crippen molar-refractivity contribution in [3.05, 3.63) is 80.8 Å². The first-order valence-corrected chi connectivity index (χ1v) is 25.1. The molecule has 2 aromatic heterocycles. The van der Waals surface area contributed by atoms with E-state index in [0.29, 0.717) is 95.5 Å². The van der Waals surface area contributed by atoms with Crippen molar-refractivity contribution in [1.82, 2.24) is 9.97 Å². The molecule has 4 saturated carbocycles. The zero-order valence-corrected chi connectivity index (χ0v) is 38.8. The highest BCUT2D eigenvalue weighted by molar-refractivity contribution is 7.16. The van der Waals surface area contributed by atoms with Gasteiger partial charge < -0.3 is 20.1 Å². The van der Waals surface area contributed by atoms with Crippen LogP contribution in [-0.4, -0.2) is 39.5 Å². The van der Waals surface area contributed by atoms with Gasteiger partial charge in [0, 0.05) is 58.7 Å². The molecule has 0 saturated heterocycles. The molecule has 2 heterocycles. The molecule has 6 aliphatic carbocycles. The highest BCUT2D eigenvalue weighted by Crippen LogP contribution is 2.64. The molecule has 4 fully saturated rings. The molecule has 0 aliphatic heterocycles. The number of Topliss-reactive ketones (excluding diaryl/α,β-unsaturated/α-hetero) is 2. The number of anilines is 2. The van der Waals surface area contributed by atoms with Gasteiger partial charge in [0.2, 0.25) is 11.8 Å². The molecule has 0 spiro atoms. The van der Waals surface area contributed by atoms with Crippen LogP contribution in [0.5, 0.6) is 11.5 Å². The molecule has 2 N–H and O–H groups in total. The number of fused-ring (bicyclic) bond motifs is 10. The van der Waals surface area contributed by atoms with Crippen LogP contribution in [0.4, 0.5) is 15.1 Å². The molecule has 4 aromatic rings. The molecule has 6 unspecified atom stereocenters. The third-order valence-corrected chi connectivity index (χ3v) is 18.4. The predicted molar refractivity (Wildman–Crippen MR) is 246 cm³/mol. The number of hydrogen-bond donors (Lipinski definition) is 2. The summed E-state index contributed by atoms with van der Waals surface area (Å²) in [6.45, 7) is 8.27. The molecule has 10 atom stereocenters. The molecule has 11 nitrogen and oxygen atoms in total. The largest absolute Gasteiger partial charge is 0.519 e. The SMILES string of the molecule is Cc1cnc(NC(=O)CC[C@@H]2CC(=O)[C@@]3(C)CCC4c5ccc(OC(=O)Oc6ccc7c(c6)CCC6C7CC[C@]7(C)C(=O)C[C@@H](CCC(=O)Nc8ncc(C)s8)C67)cc5CCC4C23)s1. The number of aromatic nitrogens is 2. The highest BCUT2D eigenvalue weighted by atomic mass is 32.1. The molecule has 336 valence electrons. The van der Waals surface area contributed by atoms with Crippen LogP contribution >= 0.6 is 22.7 Å². The molecule has 2 amide bonds. The van der Waals surface area contributed by atoms with Crippen LogP contribution in [0.1, 0.15) is 135 Å². The van der Waals surface area contributed by atoms with Crippen molar-refractivity contribution in [2.24, 2.45) is 46.3 Å². The summed E-state index contributed by atoms with van der Waals surface area (Å²) < 4.78 is 11.6. The Morgan fingerprint density at radius 3 is 1.52 bits per heavy atom. The van der Waals surface area contributed by atoms with Crippen molar-refractivity contribution in [3.8, 4) is 11.5 Å². The van der Waals surface area contributed by atoms with Crippen molar-refractivity contribution in [2.45, 2.75) is 129 Å². The molecule has 0 bridgehead atoms. The van der Waals surface area contributed by atoms with Crippen LogP contribution in [0.3, 0.4) is 0 Å². The first-order chi connectivity index (χ1) is 30.8. The minimum Gasteiger partial charge on any atom is -0.395 e. The number of ketones is 2. The van der Waals surface area contributed by atoms with E-state index in [-0.39, 0.29) is 46.3 Å². The lowest BCUT2D eigenvalue weighted by Gasteiger charge is -2.50. The summed E-state index contributed by atoms with van der Waals surface area (Å²) in [5.41, 5.74) is 4.23. The normalized spacial score (nSPS) is 31.1. The monoisotopic (exact) mass is 902 g/mol. The van der Waals surface area contributed by atoms with Gasteiger partial charge in [-0.2, -0.15) is 0 Å². The fourth-order valence-corrected chi connectivity index (χ4v) is 15.3. The smallest absolute Gasteiger partial charge is 0.395 e. The fraction of sp³-hybridized carbons (Fsp3) is 0.549. The minimum absolute atomic E-state index is 0.0451. The van der Waals surface area contributed by atoms with Gasteiger partial charge in [0.25, 0.3) is 0 Å². The van der Waals surface area contributed by atoms with Crippen LogP contribution < -0.4 is 20.1 Å². The third kappa shape index (κ3) is 7.92. The van der Waals surface area contributed by atoms with E-state index in [1.807, 2.05) is 38.1 Å². The van der Waals surface area contributed by atoms with Gasteiger partial charge in [0.1, 0.15) is 23.1 Å². The number of aryl methyl sites for hydroxylation is 4. The summed E-state index contributed by atoms with van der Waals surface area (Å²) in [6.07, 6.45) is 13.2. The first-order valence-electron chi connectivity index (χ1n) is 23.4.